The average molecular weight is 393 g/mol. The van der Waals surface area contributed by atoms with E-state index in [0.717, 1.165) is 34.6 Å². The molecule has 0 spiro atoms. The van der Waals surface area contributed by atoms with Gasteiger partial charge in [0, 0.05) is 18.9 Å². The number of hydrogen-bond acceptors (Lipinski definition) is 4. The number of ether oxygens (including phenoxy) is 1. The number of rotatable bonds is 7. The van der Waals surface area contributed by atoms with E-state index in [1.807, 2.05) is 42.6 Å². The van der Waals surface area contributed by atoms with E-state index in [0.29, 0.717) is 12.3 Å². The summed E-state index contributed by atoms with van der Waals surface area (Å²) in [6, 6.07) is 11.0. The molecule has 6 heteroatoms. The molecule has 0 unspecified atom stereocenters. The second-order valence-electron chi connectivity index (χ2n) is 7.85. The van der Waals surface area contributed by atoms with Crippen LogP contribution in [-0.2, 0) is 11.2 Å². The number of nitrogens with zero attached hydrogens (tertiary/aromatic N) is 1. The van der Waals surface area contributed by atoms with E-state index in [1.165, 1.54) is 32.1 Å². The number of aromatic nitrogens is 2. The van der Waals surface area contributed by atoms with Crippen molar-refractivity contribution in [3.63, 3.8) is 0 Å². The van der Waals surface area contributed by atoms with Crippen molar-refractivity contribution in [1.82, 2.24) is 15.3 Å². The Balaban J connectivity index is 1.30. The normalized spacial score (nSPS) is 15.9. The van der Waals surface area contributed by atoms with Crippen molar-refractivity contribution < 1.29 is 9.53 Å². The van der Waals surface area contributed by atoms with Crippen LogP contribution in [0.2, 0.25) is 0 Å². The van der Waals surface area contributed by atoms with Crippen molar-refractivity contribution in [3.05, 3.63) is 54.4 Å². The number of carbonyl (C=O) groups is 1. The van der Waals surface area contributed by atoms with E-state index in [4.69, 9.17) is 10.5 Å². The lowest BCUT2D eigenvalue weighted by molar-refractivity contribution is -0.122. The van der Waals surface area contributed by atoms with Crippen LogP contribution < -0.4 is 15.8 Å². The minimum absolute atomic E-state index is 0.0671. The van der Waals surface area contributed by atoms with Gasteiger partial charge < -0.3 is 20.8 Å². The summed E-state index contributed by atoms with van der Waals surface area (Å²) in [4.78, 5) is 19.7. The first-order chi connectivity index (χ1) is 14.2. The molecular formula is C23H28N4O2. The summed E-state index contributed by atoms with van der Waals surface area (Å²) in [5.41, 5.74) is 7.93. The van der Waals surface area contributed by atoms with Crippen LogP contribution in [0.3, 0.4) is 0 Å². The minimum atomic E-state index is -0.537. The van der Waals surface area contributed by atoms with Crippen molar-refractivity contribution >= 4 is 16.9 Å². The number of H-pyrrole nitrogens is 1. The Morgan fingerprint density at radius 3 is 2.76 bits per heavy atom. The van der Waals surface area contributed by atoms with Crippen molar-refractivity contribution in [2.24, 2.45) is 11.7 Å². The largest absolute Gasteiger partial charge is 0.457 e. The highest BCUT2D eigenvalue weighted by Gasteiger charge is 2.18. The highest BCUT2D eigenvalue weighted by molar-refractivity contribution is 5.82. The molecule has 1 saturated carbocycles. The van der Waals surface area contributed by atoms with Crippen LogP contribution in [-0.4, -0.2) is 28.5 Å². The molecule has 1 aliphatic rings. The number of fused-ring (bicyclic) bond motifs is 1. The third-order valence-corrected chi connectivity index (χ3v) is 5.65. The molecule has 1 atom stereocenters. The summed E-state index contributed by atoms with van der Waals surface area (Å²) < 4.78 is 5.99. The zero-order valence-electron chi connectivity index (χ0n) is 16.6. The molecule has 0 radical (unpaired) electrons. The summed E-state index contributed by atoms with van der Waals surface area (Å²) in [5.74, 6) is 2.03. The molecule has 6 nitrogen and oxygen atoms in total. The van der Waals surface area contributed by atoms with Crippen LogP contribution in [0.1, 0.15) is 37.7 Å². The zero-order valence-corrected chi connectivity index (χ0v) is 16.6. The Bertz CT molecular complexity index is 945. The van der Waals surface area contributed by atoms with Crippen LogP contribution in [0.5, 0.6) is 11.5 Å². The first kappa shape index (κ1) is 19.5. The molecule has 2 aromatic heterocycles. The van der Waals surface area contributed by atoms with Crippen molar-refractivity contribution in [2.75, 3.05) is 6.54 Å². The molecule has 29 heavy (non-hydrogen) atoms. The van der Waals surface area contributed by atoms with E-state index in [1.54, 1.807) is 6.20 Å². The fourth-order valence-electron chi connectivity index (χ4n) is 3.96. The van der Waals surface area contributed by atoms with Gasteiger partial charge in [0.05, 0.1) is 11.4 Å². The number of aromatic amines is 1. The smallest absolute Gasteiger partial charge is 0.237 e. The Morgan fingerprint density at radius 2 is 1.97 bits per heavy atom. The maximum Gasteiger partial charge on any atom is 0.237 e. The lowest BCUT2D eigenvalue weighted by atomic mass is 9.89. The molecule has 1 aliphatic carbocycles. The monoisotopic (exact) mass is 392 g/mol. The van der Waals surface area contributed by atoms with E-state index >= 15 is 0 Å². The molecule has 0 bridgehead atoms. The lowest BCUT2D eigenvalue weighted by Gasteiger charge is -2.22. The highest BCUT2D eigenvalue weighted by atomic mass is 16.5. The van der Waals surface area contributed by atoms with E-state index in [-0.39, 0.29) is 5.91 Å². The summed E-state index contributed by atoms with van der Waals surface area (Å²) in [6.07, 6.45) is 10.4. The summed E-state index contributed by atoms with van der Waals surface area (Å²) >= 11 is 0. The Kier molecular flexibility index (Phi) is 6.10. The molecule has 2 heterocycles. The standard InChI is InChI=1S/C23H28N4O2/c24-20(23(28)27-15-17-4-2-1-3-5-17)14-16-6-8-18(9-7-16)29-21-11-13-26-22-19(21)10-12-25-22/h6-13,17,20H,1-5,14-15,24H2,(H,25,26)(H,27,28)/t20-/m0/s1. The number of carbonyl (C=O) groups excluding carboxylic acids is 1. The molecule has 4 N–H and O–H groups in total. The van der Waals surface area contributed by atoms with Crippen LogP contribution in [0, 0.1) is 5.92 Å². The first-order valence-corrected chi connectivity index (χ1v) is 10.4. The number of nitrogens with two attached hydrogens (primary N) is 1. The van der Waals surface area contributed by atoms with Gasteiger partial charge in [0.1, 0.15) is 17.1 Å². The maximum atomic E-state index is 12.3. The Morgan fingerprint density at radius 1 is 1.17 bits per heavy atom. The molecule has 1 amide bonds. The van der Waals surface area contributed by atoms with Crippen molar-refractivity contribution in [3.8, 4) is 11.5 Å². The van der Waals surface area contributed by atoms with Gasteiger partial charge in [-0.15, -0.1) is 0 Å². The van der Waals surface area contributed by atoms with Gasteiger partial charge in [-0.25, -0.2) is 4.98 Å². The van der Waals surface area contributed by atoms with Gasteiger partial charge in [-0.1, -0.05) is 31.4 Å². The third-order valence-electron chi connectivity index (χ3n) is 5.65. The van der Waals surface area contributed by atoms with Gasteiger partial charge in [0.2, 0.25) is 5.91 Å². The number of hydrogen-bond donors (Lipinski definition) is 3. The fraction of sp³-hybridized carbons (Fsp3) is 0.391. The predicted octanol–water partition coefficient (Wildman–Crippen LogP) is 3.92. The SMILES string of the molecule is N[C@@H](Cc1ccc(Oc2ccnc3[nH]ccc23)cc1)C(=O)NCC1CCCCC1. The summed E-state index contributed by atoms with van der Waals surface area (Å²) in [6.45, 7) is 0.749. The highest BCUT2D eigenvalue weighted by Crippen LogP contribution is 2.28. The van der Waals surface area contributed by atoms with Gasteiger partial charge in [0.15, 0.2) is 0 Å². The van der Waals surface area contributed by atoms with Gasteiger partial charge in [-0.05, 0) is 55.0 Å². The molecular weight excluding hydrogens is 364 g/mol. The fourth-order valence-corrected chi connectivity index (χ4v) is 3.96. The van der Waals surface area contributed by atoms with Crippen LogP contribution in [0.4, 0.5) is 0 Å². The Hall–Kier alpha value is -2.86. The second kappa shape index (κ2) is 9.09. The van der Waals surface area contributed by atoms with E-state index in [9.17, 15) is 4.79 Å². The van der Waals surface area contributed by atoms with Crippen molar-refractivity contribution in [1.29, 1.82) is 0 Å². The lowest BCUT2D eigenvalue weighted by Crippen LogP contribution is -2.43. The number of nitrogens with one attached hydrogen (secondary N) is 2. The molecule has 1 fully saturated rings. The van der Waals surface area contributed by atoms with Gasteiger partial charge in [-0.2, -0.15) is 0 Å². The zero-order chi connectivity index (χ0) is 20.1. The van der Waals surface area contributed by atoms with Crippen LogP contribution in [0.25, 0.3) is 11.0 Å². The molecule has 0 aliphatic heterocycles. The molecule has 1 aromatic carbocycles. The second-order valence-corrected chi connectivity index (χ2v) is 7.85. The van der Waals surface area contributed by atoms with Crippen LogP contribution >= 0.6 is 0 Å². The van der Waals surface area contributed by atoms with E-state index < -0.39 is 6.04 Å². The van der Waals surface area contributed by atoms with Crippen molar-refractivity contribution in [2.45, 2.75) is 44.6 Å². The molecule has 4 rings (SSSR count). The molecule has 0 saturated heterocycles. The minimum Gasteiger partial charge on any atom is -0.457 e. The number of amides is 1. The molecule has 152 valence electrons. The average Bonchev–Trinajstić information content (AvgIpc) is 3.24. The maximum absolute atomic E-state index is 12.3. The topological polar surface area (TPSA) is 93.0 Å². The van der Waals surface area contributed by atoms with Gasteiger partial charge in [-0.3, -0.25) is 4.79 Å². The Labute approximate surface area is 170 Å². The number of pyridine rings is 1. The summed E-state index contributed by atoms with van der Waals surface area (Å²) in [7, 11) is 0. The van der Waals surface area contributed by atoms with Crippen LogP contribution in [0.15, 0.2) is 48.8 Å². The quantitative estimate of drug-likeness (QED) is 0.568. The summed E-state index contributed by atoms with van der Waals surface area (Å²) in [5, 5.41) is 3.97. The third kappa shape index (κ3) is 4.95. The molecule has 3 aromatic rings. The first-order valence-electron chi connectivity index (χ1n) is 10.4. The predicted molar refractivity (Wildman–Crippen MR) is 114 cm³/mol. The van der Waals surface area contributed by atoms with E-state index in [2.05, 4.69) is 15.3 Å². The van der Waals surface area contributed by atoms with Gasteiger partial charge in [0.25, 0.3) is 0 Å². The van der Waals surface area contributed by atoms with Gasteiger partial charge >= 0.3 is 0 Å². The number of benzene rings is 1.